The topological polar surface area (TPSA) is 97.4 Å². The van der Waals surface area contributed by atoms with Crippen LogP contribution in [0.1, 0.15) is 25.8 Å². The number of rotatable bonds is 9. The van der Waals surface area contributed by atoms with Crippen molar-refractivity contribution in [2.45, 2.75) is 37.7 Å². The average Bonchev–Trinajstić information content (AvgIpc) is 3.22. The van der Waals surface area contributed by atoms with Crippen LogP contribution in [-0.2, 0) is 21.2 Å². The van der Waals surface area contributed by atoms with Crippen LogP contribution in [0.25, 0.3) is 0 Å². The fourth-order valence-electron chi connectivity index (χ4n) is 2.69. The summed E-state index contributed by atoms with van der Waals surface area (Å²) in [5, 5.41) is 4.70. The number of hydrogen-bond acceptors (Lipinski definition) is 6. The molecular weight excluding hydrogens is 422 g/mol. The third-order valence-corrected chi connectivity index (χ3v) is 6.40. The van der Waals surface area contributed by atoms with Crippen molar-refractivity contribution in [1.82, 2.24) is 4.98 Å². The summed E-state index contributed by atoms with van der Waals surface area (Å²) < 4.78 is 32.8. The smallest absolute Gasteiger partial charge is 0.265 e. The number of ether oxygens (including phenoxy) is 1. The molecule has 0 aliphatic rings. The van der Waals surface area contributed by atoms with Gasteiger partial charge in [0.25, 0.3) is 15.9 Å². The standard InChI is InChI=1S/C21H23N3O4S2/c1-3-4-16-5-9-18(10-6-16)28-15(2)20(25)23-17-7-11-19(12-8-17)30(26,27)24-21-22-13-14-29-21/h5-15H,3-4H2,1-2H3,(H,22,24)(H,23,25). The van der Waals surface area contributed by atoms with Crippen LogP contribution >= 0.6 is 11.3 Å². The highest BCUT2D eigenvalue weighted by molar-refractivity contribution is 7.93. The fraction of sp³-hybridized carbons (Fsp3) is 0.238. The minimum absolute atomic E-state index is 0.0761. The molecule has 0 aliphatic heterocycles. The molecule has 0 spiro atoms. The van der Waals surface area contributed by atoms with Crippen LogP contribution in [0.5, 0.6) is 5.75 Å². The summed E-state index contributed by atoms with van der Waals surface area (Å²) in [6, 6.07) is 13.6. The fourth-order valence-corrected chi connectivity index (χ4v) is 4.48. The molecule has 3 rings (SSSR count). The van der Waals surface area contributed by atoms with Gasteiger partial charge in [0, 0.05) is 17.3 Å². The molecule has 0 fully saturated rings. The van der Waals surface area contributed by atoms with Gasteiger partial charge in [-0.3, -0.25) is 9.52 Å². The third kappa shape index (κ3) is 5.80. The van der Waals surface area contributed by atoms with Crippen molar-refractivity contribution in [1.29, 1.82) is 0 Å². The summed E-state index contributed by atoms with van der Waals surface area (Å²) in [5.74, 6) is 0.288. The lowest BCUT2D eigenvalue weighted by molar-refractivity contribution is -0.122. The van der Waals surface area contributed by atoms with Gasteiger partial charge in [-0.05, 0) is 55.3 Å². The van der Waals surface area contributed by atoms with Gasteiger partial charge in [-0.25, -0.2) is 13.4 Å². The zero-order valence-electron chi connectivity index (χ0n) is 16.7. The number of carbonyl (C=O) groups is 1. The van der Waals surface area contributed by atoms with E-state index in [0.717, 1.165) is 12.8 Å². The van der Waals surface area contributed by atoms with Crippen molar-refractivity contribution >= 4 is 38.1 Å². The number of aryl methyl sites for hydroxylation is 1. The van der Waals surface area contributed by atoms with E-state index in [2.05, 4.69) is 21.9 Å². The summed E-state index contributed by atoms with van der Waals surface area (Å²) in [7, 11) is -3.73. The molecule has 1 atom stereocenters. The molecule has 1 unspecified atom stereocenters. The normalized spacial score (nSPS) is 12.2. The monoisotopic (exact) mass is 445 g/mol. The van der Waals surface area contributed by atoms with E-state index in [1.807, 2.05) is 24.3 Å². The summed E-state index contributed by atoms with van der Waals surface area (Å²) in [5.41, 5.74) is 1.70. The SMILES string of the molecule is CCCc1ccc(OC(C)C(=O)Nc2ccc(S(=O)(=O)Nc3nccs3)cc2)cc1. The Morgan fingerprint density at radius 2 is 1.83 bits per heavy atom. The number of amides is 1. The number of aromatic nitrogens is 1. The Hall–Kier alpha value is -2.91. The lowest BCUT2D eigenvalue weighted by Crippen LogP contribution is -2.30. The van der Waals surface area contributed by atoms with Crippen LogP contribution in [0.2, 0.25) is 0 Å². The number of sulfonamides is 1. The van der Waals surface area contributed by atoms with Crippen LogP contribution in [0, 0.1) is 0 Å². The first-order valence-electron chi connectivity index (χ1n) is 9.46. The lowest BCUT2D eigenvalue weighted by Gasteiger charge is -2.15. The lowest BCUT2D eigenvalue weighted by atomic mass is 10.1. The van der Waals surface area contributed by atoms with Crippen molar-refractivity contribution in [3.63, 3.8) is 0 Å². The number of thiazole rings is 1. The van der Waals surface area contributed by atoms with E-state index in [4.69, 9.17) is 4.74 Å². The molecule has 0 aliphatic carbocycles. The van der Waals surface area contributed by atoms with E-state index in [-0.39, 0.29) is 10.8 Å². The van der Waals surface area contributed by atoms with E-state index in [9.17, 15) is 13.2 Å². The van der Waals surface area contributed by atoms with E-state index in [0.29, 0.717) is 16.6 Å². The molecule has 9 heteroatoms. The Balaban J connectivity index is 1.58. The molecule has 0 saturated heterocycles. The highest BCUT2D eigenvalue weighted by atomic mass is 32.2. The minimum atomic E-state index is -3.73. The van der Waals surface area contributed by atoms with Crippen molar-refractivity contribution in [2.75, 3.05) is 10.0 Å². The maximum absolute atomic E-state index is 12.4. The molecule has 1 aromatic heterocycles. The maximum atomic E-state index is 12.4. The van der Waals surface area contributed by atoms with Gasteiger partial charge in [-0.1, -0.05) is 25.5 Å². The van der Waals surface area contributed by atoms with E-state index >= 15 is 0 Å². The zero-order valence-corrected chi connectivity index (χ0v) is 18.3. The van der Waals surface area contributed by atoms with Crippen LogP contribution in [0.4, 0.5) is 10.8 Å². The van der Waals surface area contributed by atoms with E-state index in [1.54, 1.807) is 12.3 Å². The number of nitrogens with zero attached hydrogens (tertiary/aromatic N) is 1. The predicted octanol–water partition coefficient (Wildman–Crippen LogP) is 4.30. The summed E-state index contributed by atoms with van der Waals surface area (Å²) in [6.07, 6.45) is 2.88. The molecule has 1 amide bonds. The zero-order chi connectivity index (χ0) is 21.6. The molecule has 158 valence electrons. The van der Waals surface area contributed by atoms with E-state index in [1.165, 1.54) is 47.4 Å². The van der Waals surface area contributed by atoms with Gasteiger partial charge in [0.1, 0.15) is 5.75 Å². The average molecular weight is 446 g/mol. The van der Waals surface area contributed by atoms with Crippen molar-refractivity contribution in [2.24, 2.45) is 0 Å². The van der Waals surface area contributed by atoms with Crippen LogP contribution in [-0.4, -0.2) is 25.4 Å². The number of benzene rings is 2. The Bertz CT molecular complexity index is 1060. The largest absolute Gasteiger partial charge is 0.481 e. The number of carbonyl (C=O) groups excluding carboxylic acids is 1. The molecule has 0 radical (unpaired) electrons. The van der Waals surface area contributed by atoms with Crippen molar-refractivity contribution in [3.8, 4) is 5.75 Å². The van der Waals surface area contributed by atoms with Gasteiger partial charge in [-0.2, -0.15) is 0 Å². The molecule has 0 bridgehead atoms. The third-order valence-electron chi connectivity index (χ3n) is 4.23. The highest BCUT2D eigenvalue weighted by Crippen LogP contribution is 2.20. The molecular formula is C21H23N3O4S2. The summed E-state index contributed by atoms with van der Waals surface area (Å²) in [4.78, 5) is 16.4. The van der Waals surface area contributed by atoms with Crippen molar-refractivity contribution in [3.05, 3.63) is 65.7 Å². The molecule has 1 heterocycles. The molecule has 2 aromatic carbocycles. The molecule has 3 aromatic rings. The minimum Gasteiger partial charge on any atom is -0.481 e. The molecule has 30 heavy (non-hydrogen) atoms. The number of nitrogens with one attached hydrogen (secondary N) is 2. The second-order valence-electron chi connectivity index (χ2n) is 6.61. The Kier molecular flexibility index (Phi) is 7.07. The van der Waals surface area contributed by atoms with Crippen LogP contribution < -0.4 is 14.8 Å². The van der Waals surface area contributed by atoms with Crippen LogP contribution in [0.15, 0.2) is 65.0 Å². The van der Waals surface area contributed by atoms with Gasteiger partial charge in [0.05, 0.1) is 4.90 Å². The van der Waals surface area contributed by atoms with E-state index < -0.39 is 16.1 Å². The quantitative estimate of drug-likeness (QED) is 0.512. The molecule has 7 nitrogen and oxygen atoms in total. The summed E-state index contributed by atoms with van der Waals surface area (Å²) in [6.45, 7) is 3.78. The van der Waals surface area contributed by atoms with Gasteiger partial charge in [0.15, 0.2) is 11.2 Å². The first-order chi connectivity index (χ1) is 14.4. The first-order valence-corrected chi connectivity index (χ1v) is 11.8. The highest BCUT2D eigenvalue weighted by Gasteiger charge is 2.17. The maximum Gasteiger partial charge on any atom is 0.265 e. The molecule has 0 saturated carbocycles. The van der Waals surface area contributed by atoms with Gasteiger partial charge >= 0.3 is 0 Å². The Morgan fingerprint density at radius 3 is 2.43 bits per heavy atom. The van der Waals surface area contributed by atoms with Gasteiger partial charge in [-0.15, -0.1) is 11.3 Å². The first kappa shape index (κ1) is 21.8. The van der Waals surface area contributed by atoms with Gasteiger partial charge < -0.3 is 10.1 Å². The van der Waals surface area contributed by atoms with Gasteiger partial charge in [0.2, 0.25) is 0 Å². The van der Waals surface area contributed by atoms with Crippen molar-refractivity contribution < 1.29 is 17.9 Å². The summed E-state index contributed by atoms with van der Waals surface area (Å²) >= 11 is 1.19. The predicted molar refractivity (Wildman–Crippen MR) is 119 cm³/mol. The second-order valence-corrected chi connectivity index (χ2v) is 9.19. The Morgan fingerprint density at radius 1 is 1.13 bits per heavy atom. The number of anilines is 2. The second kappa shape index (κ2) is 9.73. The number of hydrogen-bond donors (Lipinski definition) is 2. The Labute approximate surface area is 180 Å². The molecule has 2 N–H and O–H groups in total. The van der Waals surface area contributed by atoms with Crippen LogP contribution in [0.3, 0.4) is 0 Å².